The summed E-state index contributed by atoms with van der Waals surface area (Å²) in [5.41, 5.74) is 0.534. The SMILES string of the molecule is CCOC(=O)[C@@H](F)ON1C(=O)N2C[C@H]1C=C(C)[C@H]2C(=O)NCCCS(N)(=O)=O. The van der Waals surface area contributed by atoms with Gasteiger partial charge >= 0.3 is 18.4 Å². The van der Waals surface area contributed by atoms with Gasteiger partial charge in [-0.1, -0.05) is 6.08 Å². The van der Waals surface area contributed by atoms with Crippen molar-refractivity contribution in [2.24, 2.45) is 5.14 Å². The summed E-state index contributed by atoms with van der Waals surface area (Å²) in [6, 6.07) is -2.38. The van der Waals surface area contributed by atoms with Crippen LogP contribution in [0.1, 0.15) is 20.3 Å². The van der Waals surface area contributed by atoms with E-state index in [2.05, 4.69) is 10.1 Å². The Morgan fingerprint density at radius 2 is 2.14 bits per heavy atom. The Kier molecular flexibility index (Phi) is 6.96. The Morgan fingerprint density at radius 3 is 2.75 bits per heavy atom. The Hall–Kier alpha value is -2.25. The van der Waals surface area contributed by atoms with Gasteiger partial charge in [0.2, 0.25) is 15.9 Å². The molecular formula is C15H23FN4O7S. The quantitative estimate of drug-likeness (QED) is 0.275. The molecule has 3 atom stereocenters. The van der Waals surface area contributed by atoms with Gasteiger partial charge in [-0.25, -0.2) is 32.4 Å². The number of hydrogen-bond donors (Lipinski definition) is 2. The van der Waals surface area contributed by atoms with Crippen LogP contribution in [0.5, 0.6) is 0 Å². The predicted molar refractivity (Wildman–Crippen MR) is 93.5 cm³/mol. The number of nitrogens with two attached hydrogens (primary N) is 1. The predicted octanol–water partition coefficient (Wildman–Crippen LogP) is -0.994. The Bertz CT molecular complexity index is 772. The smallest absolute Gasteiger partial charge is 0.370 e. The minimum atomic E-state index is -3.63. The highest BCUT2D eigenvalue weighted by Gasteiger charge is 2.48. The summed E-state index contributed by atoms with van der Waals surface area (Å²) in [5, 5.41) is 8.15. The molecule has 0 spiro atoms. The molecule has 0 unspecified atom stereocenters. The molecule has 3 amide bonds. The number of nitrogens with zero attached hydrogens (tertiary/aromatic N) is 2. The van der Waals surface area contributed by atoms with Crippen molar-refractivity contribution in [2.75, 3.05) is 25.4 Å². The molecule has 0 aromatic carbocycles. The van der Waals surface area contributed by atoms with Crippen molar-refractivity contribution < 1.29 is 36.8 Å². The number of sulfonamides is 1. The van der Waals surface area contributed by atoms with Gasteiger partial charge in [-0.15, -0.1) is 0 Å². The second-order valence-electron chi connectivity index (χ2n) is 6.33. The Morgan fingerprint density at radius 1 is 1.46 bits per heavy atom. The lowest BCUT2D eigenvalue weighted by Crippen LogP contribution is -2.50. The second-order valence-corrected chi connectivity index (χ2v) is 8.06. The van der Waals surface area contributed by atoms with E-state index in [4.69, 9.17) is 9.98 Å². The number of primary sulfonamides is 1. The van der Waals surface area contributed by atoms with Crippen molar-refractivity contribution in [1.29, 1.82) is 0 Å². The zero-order valence-corrected chi connectivity index (χ0v) is 16.3. The van der Waals surface area contributed by atoms with E-state index in [0.29, 0.717) is 10.6 Å². The van der Waals surface area contributed by atoms with Gasteiger partial charge in [-0.2, -0.15) is 5.06 Å². The van der Waals surface area contributed by atoms with Gasteiger partial charge in [0.15, 0.2) is 0 Å². The topological polar surface area (TPSA) is 148 Å². The van der Waals surface area contributed by atoms with Crippen molar-refractivity contribution in [3.63, 3.8) is 0 Å². The summed E-state index contributed by atoms with van der Waals surface area (Å²) < 4.78 is 40.2. The van der Waals surface area contributed by atoms with Crippen LogP contribution in [0.4, 0.5) is 9.18 Å². The molecule has 28 heavy (non-hydrogen) atoms. The lowest BCUT2D eigenvalue weighted by molar-refractivity contribution is -0.223. The second kappa shape index (κ2) is 8.84. The number of fused-ring (bicyclic) bond motifs is 2. The average molecular weight is 422 g/mol. The standard InChI is InChI=1S/C15H23FN4O7S/c1-3-26-14(22)12(16)27-20-10-7-9(2)11(19(8-10)15(20)23)13(21)18-5-4-6-28(17,24)25/h7,10-12H,3-6,8H2,1-2H3,(H,18,21)(H2,17,24,25)/t10-,11+,12+/m1/s1. The van der Waals surface area contributed by atoms with E-state index in [1.54, 1.807) is 13.0 Å². The normalized spacial score (nSPS) is 22.7. The molecule has 0 aliphatic carbocycles. The summed E-state index contributed by atoms with van der Waals surface area (Å²) in [7, 11) is -3.63. The van der Waals surface area contributed by atoms with E-state index in [0.717, 1.165) is 0 Å². The molecule has 0 saturated carbocycles. The van der Waals surface area contributed by atoms with Gasteiger partial charge in [0, 0.05) is 6.54 Å². The van der Waals surface area contributed by atoms with E-state index >= 15 is 0 Å². The lowest BCUT2D eigenvalue weighted by Gasteiger charge is -2.29. The summed E-state index contributed by atoms with van der Waals surface area (Å²) >= 11 is 0. The Balaban J connectivity index is 1.99. The first-order valence-corrected chi connectivity index (χ1v) is 10.3. The number of rotatable bonds is 9. The lowest BCUT2D eigenvalue weighted by atomic mass is 10.00. The van der Waals surface area contributed by atoms with Crippen LogP contribution in [0.3, 0.4) is 0 Å². The number of hydroxylamine groups is 2. The monoisotopic (exact) mass is 422 g/mol. The van der Waals surface area contributed by atoms with E-state index in [1.165, 1.54) is 11.8 Å². The molecule has 2 heterocycles. The number of nitrogens with one attached hydrogen (secondary N) is 1. The molecule has 0 aromatic rings. The maximum Gasteiger partial charge on any atom is 0.370 e. The third-order valence-corrected chi connectivity index (χ3v) is 5.01. The fourth-order valence-corrected chi connectivity index (χ4v) is 3.55. The molecule has 1 fully saturated rings. The van der Waals surface area contributed by atoms with Gasteiger partial charge < -0.3 is 15.0 Å². The van der Waals surface area contributed by atoms with Crippen LogP contribution in [-0.2, 0) is 29.2 Å². The van der Waals surface area contributed by atoms with Gasteiger partial charge in [-0.3, -0.25) is 4.79 Å². The summed E-state index contributed by atoms with van der Waals surface area (Å²) in [6.45, 7) is 3.21. The van der Waals surface area contributed by atoms with Crippen LogP contribution in [0.2, 0.25) is 0 Å². The number of carbonyl (C=O) groups is 3. The average Bonchev–Trinajstić information content (AvgIpc) is 2.83. The molecule has 0 radical (unpaired) electrons. The largest absolute Gasteiger partial charge is 0.462 e. The first kappa shape index (κ1) is 22.0. The minimum Gasteiger partial charge on any atom is -0.462 e. The van der Waals surface area contributed by atoms with E-state index in [1.807, 2.05) is 0 Å². The maximum absolute atomic E-state index is 13.9. The van der Waals surface area contributed by atoms with Crippen molar-refractivity contribution in [1.82, 2.24) is 15.3 Å². The van der Waals surface area contributed by atoms with Crippen LogP contribution >= 0.6 is 0 Å². The molecule has 3 N–H and O–H groups in total. The first-order valence-electron chi connectivity index (χ1n) is 8.59. The molecule has 2 bridgehead atoms. The third-order valence-electron chi connectivity index (χ3n) is 4.15. The molecule has 11 nitrogen and oxygen atoms in total. The van der Waals surface area contributed by atoms with Crippen molar-refractivity contribution in [2.45, 2.75) is 38.7 Å². The summed E-state index contributed by atoms with van der Waals surface area (Å²) in [5.74, 6) is -2.05. The van der Waals surface area contributed by atoms with E-state index < -0.39 is 46.4 Å². The molecular weight excluding hydrogens is 399 g/mol. The van der Waals surface area contributed by atoms with Crippen molar-refractivity contribution in [3.05, 3.63) is 11.6 Å². The molecule has 0 aromatic heterocycles. The zero-order valence-electron chi connectivity index (χ0n) is 15.5. The number of carbonyl (C=O) groups excluding carboxylic acids is 3. The van der Waals surface area contributed by atoms with E-state index in [-0.39, 0.29) is 31.9 Å². The molecule has 13 heteroatoms. The summed E-state index contributed by atoms with van der Waals surface area (Å²) in [4.78, 5) is 42.4. The van der Waals surface area contributed by atoms with Gasteiger partial charge in [0.1, 0.15) is 6.04 Å². The van der Waals surface area contributed by atoms with Crippen LogP contribution < -0.4 is 10.5 Å². The number of hydrogen-bond acceptors (Lipinski definition) is 7. The van der Waals surface area contributed by atoms with E-state index in [9.17, 15) is 27.2 Å². The molecule has 2 aliphatic rings. The third kappa shape index (κ3) is 5.17. The highest BCUT2D eigenvalue weighted by Crippen LogP contribution is 2.30. The number of halogens is 1. The highest BCUT2D eigenvalue weighted by atomic mass is 32.2. The van der Waals surface area contributed by atoms with Crippen LogP contribution in [0, 0.1) is 0 Å². The van der Waals surface area contributed by atoms with Crippen molar-refractivity contribution >= 4 is 27.9 Å². The highest BCUT2D eigenvalue weighted by molar-refractivity contribution is 7.89. The number of alkyl halides is 1. The van der Waals surface area contributed by atoms with Crippen LogP contribution in [-0.4, -0.2) is 80.2 Å². The molecule has 1 saturated heterocycles. The van der Waals surface area contributed by atoms with Crippen LogP contribution in [0.25, 0.3) is 0 Å². The summed E-state index contributed by atoms with van der Waals surface area (Å²) in [6.07, 6.45) is -0.772. The molecule has 158 valence electrons. The maximum atomic E-state index is 13.9. The van der Waals surface area contributed by atoms with Gasteiger partial charge in [0.25, 0.3) is 0 Å². The fraction of sp³-hybridized carbons (Fsp3) is 0.667. The number of amides is 3. The number of ether oxygens (including phenoxy) is 1. The first-order chi connectivity index (χ1) is 13.0. The number of urea groups is 1. The zero-order chi connectivity index (χ0) is 21.1. The van der Waals surface area contributed by atoms with Crippen molar-refractivity contribution in [3.8, 4) is 0 Å². The minimum absolute atomic E-state index is 0.0428. The number of esters is 1. The fourth-order valence-electron chi connectivity index (χ4n) is 3.00. The molecule has 2 aliphatic heterocycles. The molecule has 2 rings (SSSR count). The van der Waals surface area contributed by atoms with Crippen LogP contribution in [0.15, 0.2) is 11.6 Å². The van der Waals surface area contributed by atoms with Gasteiger partial charge in [-0.05, 0) is 25.8 Å². The van der Waals surface area contributed by atoms with Gasteiger partial charge in [0.05, 0.1) is 24.9 Å². The Labute approximate surface area is 161 Å².